The fraction of sp³-hybridized carbons (Fsp3) is 0.375. The van der Waals surface area contributed by atoms with Crippen molar-refractivity contribution in [1.29, 1.82) is 0 Å². The number of aliphatic carboxylic acids is 1. The largest absolute Gasteiger partial charge is 0.481 e. The van der Waals surface area contributed by atoms with Gasteiger partial charge in [-0.05, 0) is 42.5 Å². The van der Waals surface area contributed by atoms with Crippen molar-refractivity contribution < 1.29 is 24.2 Å². The molecule has 0 aromatic heterocycles. The van der Waals surface area contributed by atoms with Crippen molar-refractivity contribution in [2.45, 2.75) is 39.2 Å². The average molecular weight is 424 g/mol. The fourth-order valence-electron chi connectivity index (χ4n) is 3.67. The first-order valence-electron chi connectivity index (χ1n) is 10.4. The lowest BCUT2D eigenvalue weighted by Crippen LogP contribution is -2.49. The molecule has 1 unspecified atom stereocenters. The highest BCUT2D eigenvalue weighted by atomic mass is 16.5. The van der Waals surface area contributed by atoms with Gasteiger partial charge < -0.3 is 20.5 Å². The quantitative estimate of drug-likeness (QED) is 0.601. The molecule has 7 heteroatoms. The number of hydrogen-bond donors (Lipinski definition) is 3. The summed E-state index contributed by atoms with van der Waals surface area (Å²) in [5.74, 6) is -1.51. The molecule has 3 rings (SSSR count). The van der Waals surface area contributed by atoms with Gasteiger partial charge in [-0.1, -0.05) is 55.5 Å². The van der Waals surface area contributed by atoms with Crippen LogP contribution in [0.2, 0.25) is 0 Å². The SMILES string of the molecule is CCC(C)(CNC(=O)[C@@H](C)NC(=O)OCC1c2ccccc2-c2ccccc21)C(=O)O. The van der Waals surface area contributed by atoms with Crippen molar-refractivity contribution in [3.63, 3.8) is 0 Å². The Balaban J connectivity index is 1.56. The molecule has 1 aliphatic carbocycles. The fourth-order valence-corrected chi connectivity index (χ4v) is 3.67. The second-order valence-corrected chi connectivity index (χ2v) is 8.13. The van der Waals surface area contributed by atoms with E-state index >= 15 is 0 Å². The van der Waals surface area contributed by atoms with Crippen LogP contribution in [-0.4, -0.2) is 42.3 Å². The van der Waals surface area contributed by atoms with Crippen LogP contribution in [0.5, 0.6) is 0 Å². The Labute approximate surface area is 181 Å². The standard InChI is InChI=1S/C24H28N2O5/c1-4-24(3,22(28)29)14-25-21(27)15(2)26-23(30)31-13-20-18-11-7-5-9-16(18)17-10-6-8-12-19(17)20/h5-12,15,20H,4,13-14H2,1-3H3,(H,25,27)(H,26,30)(H,28,29)/t15-,24?/m1/s1. The minimum Gasteiger partial charge on any atom is -0.481 e. The molecule has 2 atom stereocenters. The van der Waals surface area contributed by atoms with Crippen LogP contribution in [0.3, 0.4) is 0 Å². The number of carboxylic acid groups (broad SMARTS) is 1. The van der Waals surface area contributed by atoms with Gasteiger partial charge in [-0.25, -0.2) is 4.79 Å². The number of rotatable bonds is 8. The monoisotopic (exact) mass is 424 g/mol. The molecule has 0 saturated heterocycles. The maximum absolute atomic E-state index is 12.3. The summed E-state index contributed by atoms with van der Waals surface area (Å²) in [4.78, 5) is 35.9. The number of benzene rings is 2. The normalized spacial score (nSPS) is 15.2. The van der Waals surface area contributed by atoms with Crippen LogP contribution in [0.25, 0.3) is 11.1 Å². The lowest BCUT2D eigenvalue weighted by Gasteiger charge is -2.24. The van der Waals surface area contributed by atoms with Crippen LogP contribution < -0.4 is 10.6 Å². The number of fused-ring (bicyclic) bond motifs is 3. The van der Waals surface area contributed by atoms with Crippen LogP contribution >= 0.6 is 0 Å². The number of carbonyl (C=O) groups excluding carboxylic acids is 2. The maximum Gasteiger partial charge on any atom is 0.407 e. The molecule has 3 N–H and O–H groups in total. The summed E-state index contributed by atoms with van der Waals surface area (Å²) in [5.41, 5.74) is 3.43. The zero-order chi connectivity index (χ0) is 22.6. The zero-order valence-electron chi connectivity index (χ0n) is 18.0. The molecule has 0 bridgehead atoms. The van der Waals surface area contributed by atoms with E-state index in [1.807, 2.05) is 36.4 Å². The molecule has 1 aliphatic rings. The Bertz CT molecular complexity index is 944. The van der Waals surface area contributed by atoms with E-state index in [0.717, 1.165) is 22.3 Å². The summed E-state index contributed by atoms with van der Waals surface area (Å²) in [7, 11) is 0. The Morgan fingerprint density at radius 2 is 1.61 bits per heavy atom. The minimum atomic E-state index is -1.06. The van der Waals surface area contributed by atoms with Gasteiger partial charge in [0.05, 0.1) is 5.41 Å². The lowest BCUT2D eigenvalue weighted by molar-refractivity contribution is -0.148. The average Bonchev–Trinajstić information content (AvgIpc) is 3.09. The van der Waals surface area contributed by atoms with Crippen molar-refractivity contribution in [3.05, 3.63) is 59.7 Å². The first-order chi connectivity index (χ1) is 14.8. The highest BCUT2D eigenvalue weighted by molar-refractivity contribution is 5.86. The first-order valence-corrected chi connectivity index (χ1v) is 10.4. The molecule has 2 aromatic carbocycles. The van der Waals surface area contributed by atoms with E-state index in [0.29, 0.717) is 6.42 Å². The Kier molecular flexibility index (Phi) is 6.63. The summed E-state index contributed by atoms with van der Waals surface area (Å²) in [5, 5.41) is 14.4. The number of amides is 2. The molecular weight excluding hydrogens is 396 g/mol. The number of ether oxygens (including phenoxy) is 1. The molecule has 0 radical (unpaired) electrons. The minimum absolute atomic E-state index is 0.0195. The molecule has 0 saturated carbocycles. The number of carboxylic acids is 1. The molecule has 164 valence electrons. The summed E-state index contributed by atoms with van der Waals surface area (Å²) >= 11 is 0. The third-order valence-electron chi connectivity index (χ3n) is 6.02. The summed E-state index contributed by atoms with van der Waals surface area (Å²) in [6.07, 6.45) is -0.322. The van der Waals surface area contributed by atoms with Gasteiger partial charge in [0.25, 0.3) is 0 Å². The molecule has 0 heterocycles. The van der Waals surface area contributed by atoms with Gasteiger partial charge in [0.1, 0.15) is 12.6 Å². The van der Waals surface area contributed by atoms with Gasteiger partial charge >= 0.3 is 12.1 Å². The Hall–Kier alpha value is -3.35. The number of carbonyl (C=O) groups is 3. The van der Waals surface area contributed by atoms with Crippen LogP contribution in [0.1, 0.15) is 44.2 Å². The van der Waals surface area contributed by atoms with Crippen molar-refractivity contribution in [3.8, 4) is 11.1 Å². The zero-order valence-corrected chi connectivity index (χ0v) is 18.0. The predicted octanol–water partition coefficient (Wildman–Crippen LogP) is 3.53. The predicted molar refractivity (Wildman–Crippen MR) is 117 cm³/mol. The highest BCUT2D eigenvalue weighted by Crippen LogP contribution is 2.44. The summed E-state index contributed by atoms with van der Waals surface area (Å²) < 4.78 is 5.44. The molecule has 0 spiro atoms. The van der Waals surface area contributed by atoms with Crippen molar-refractivity contribution >= 4 is 18.0 Å². The van der Waals surface area contributed by atoms with Gasteiger partial charge in [-0.2, -0.15) is 0 Å². The lowest BCUT2D eigenvalue weighted by atomic mass is 9.87. The van der Waals surface area contributed by atoms with E-state index in [1.54, 1.807) is 13.8 Å². The molecule has 2 aromatic rings. The topological polar surface area (TPSA) is 105 Å². The molecule has 2 amide bonds. The third-order valence-corrected chi connectivity index (χ3v) is 6.02. The van der Waals surface area contributed by atoms with Gasteiger partial charge in [0.15, 0.2) is 0 Å². The molecule has 31 heavy (non-hydrogen) atoms. The van der Waals surface area contributed by atoms with Crippen molar-refractivity contribution in [2.24, 2.45) is 5.41 Å². The Morgan fingerprint density at radius 1 is 1.06 bits per heavy atom. The van der Waals surface area contributed by atoms with Crippen molar-refractivity contribution in [2.75, 3.05) is 13.2 Å². The van der Waals surface area contributed by atoms with Crippen LogP contribution in [0.4, 0.5) is 4.79 Å². The second-order valence-electron chi connectivity index (χ2n) is 8.13. The Morgan fingerprint density at radius 3 is 2.13 bits per heavy atom. The van der Waals surface area contributed by atoms with E-state index in [4.69, 9.17) is 4.74 Å². The van der Waals surface area contributed by atoms with Crippen LogP contribution in [0, 0.1) is 5.41 Å². The third kappa shape index (κ3) is 4.71. The first kappa shape index (κ1) is 22.3. The maximum atomic E-state index is 12.3. The van der Waals surface area contributed by atoms with E-state index in [-0.39, 0.29) is 19.1 Å². The van der Waals surface area contributed by atoms with Crippen molar-refractivity contribution in [1.82, 2.24) is 10.6 Å². The highest BCUT2D eigenvalue weighted by Gasteiger charge is 2.32. The van der Waals surface area contributed by atoms with Crippen LogP contribution in [0.15, 0.2) is 48.5 Å². The summed E-state index contributed by atoms with van der Waals surface area (Å²) in [6.45, 7) is 4.98. The van der Waals surface area contributed by atoms with E-state index < -0.39 is 29.4 Å². The smallest absolute Gasteiger partial charge is 0.407 e. The number of alkyl carbamates (subject to hydrolysis) is 1. The van der Waals surface area contributed by atoms with Gasteiger partial charge in [-0.15, -0.1) is 0 Å². The summed E-state index contributed by atoms with van der Waals surface area (Å²) in [6, 6.07) is 15.2. The number of nitrogens with one attached hydrogen (secondary N) is 2. The van der Waals surface area contributed by atoms with E-state index in [1.165, 1.54) is 6.92 Å². The van der Waals surface area contributed by atoms with E-state index in [2.05, 4.69) is 22.8 Å². The van der Waals surface area contributed by atoms with Gasteiger partial charge in [-0.3, -0.25) is 9.59 Å². The number of hydrogen-bond acceptors (Lipinski definition) is 4. The molecule has 7 nitrogen and oxygen atoms in total. The molecule has 0 aliphatic heterocycles. The van der Waals surface area contributed by atoms with Crippen LogP contribution in [-0.2, 0) is 14.3 Å². The van der Waals surface area contributed by atoms with Gasteiger partial charge in [0, 0.05) is 12.5 Å². The second kappa shape index (κ2) is 9.20. The van der Waals surface area contributed by atoms with E-state index in [9.17, 15) is 19.5 Å². The van der Waals surface area contributed by atoms with Gasteiger partial charge in [0.2, 0.25) is 5.91 Å². The molecular formula is C24H28N2O5. The molecule has 0 fully saturated rings.